The molecule has 0 bridgehead atoms. The second-order valence-corrected chi connectivity index (χ2v) is 5.54. The van der Waals surface area contributed by atoms with Gasteiger partial charge in [-0.3, -0.25) is 0 Å². The van der Waals surface area contributed by atoms with E-state index in [0.717, 1.165) is 11.3 Å². The molecule has 0 aliphatic heterocycles. The molecule has 0 aromatic heterocycles. The Morgan fingerprint density at radius 1 is 1.00 bits per heavy atom. The van der Waals surface area contributed by atoms with Crippen LogP contribution in [0.1, 0.15) is 30.9 Å². The highest BCUT2D eigenvalue weighted by Gasteiger charge is 2.08. The van der Waals surface area contributed by atoms with Crippen LogP contribution in [0.4, 0.5) is 0 Å². The van der Waals surface area contributed by atoms with Gasteiger partial charge in [-0.1, -0.05) is 37.2 Å². The van der Waals surface area contributed by atoms with Crippen LogP contribution in [0.15, 0.2) is 47.6 Å². The van der Waals surface area contributed by atoms with Crippen LogP contribution in [0, 0.1) is 0 Å². The van der Waals surface area contributed by atoms with Gasteiger partial charge in [-0.25, -0.2) is 0 Å². The predicted octanol–water partition coefficient (Wildman–Crippen LogP) is 4.08. The molecule has 0 aliphatic rings. The molecule has 24 heavy (non-hydrogen) atoms. The van der Waals surface area contributed by atoms with Crippen LogP contribution in [0.25, 0.3) is 0 Å². The van der Waals surface area contributed by atoms with Gasteiger partial charge in [0.1, 0.15) is 19.0 Å². The number of rotatable bonds is 8. The van der Waals surface area contributed by atoms with Gasteiger partial charge >= 0.3 is 0 Å². The second kappa shape index (κ2) is 8.82. The van der Waals surface area contributed by atoms with Crippen molar-refractivity contribution >= 4 is 6.21 Å². The molecule has 0 atom stereocenters. The lowest BCUT2D eigenvalue weighted by Crippen LogP contribution is -2.10. The monoisotopic (exact) mass is 329 g/mol. The van der Waals surface area contributed by atoms with Crippen LogP contribution < -0.4 is 14.2 Å². The van der Waals surface area contributed by atoms with Crippen molar-refractivity contribution in [3.05, 3.63) is 53.6 Å². The van der Waals surface area contributed by atoms with E-state index in [1.165, 1.54) is 11.8 Å². The summed E-state index contributed by atoms with van der Waals surface area (Å²) < 4.78 is 16.9. The average Bonchev–Trinajstić information content (AvgIpc) is 2.60. The Labute approximate surface area is 142 Å². The molecule has 2 rings (SSSR count). The molecule has 0 fully saturated rings. The fourth-order valence-corrected chi connectivity index (χ4v) is 2.34. The minimum absolute atomic E-state index is 0.399. The van der Waals surface area contributed by atoms with Gasteiger partial charge in [0.2, 0.25) is 0 Å². The Morgan fingerprint density at radius 3 is 2.38 bits per heavy atom. The lowest BCUT2D eigenvalue weighted by Gasteiger charge is -2.15. The van der Waals surface area contributed by atoms with E-state index in [2.05, 4.69) is 25.1 Å². The van der Waals surface area contributed by atoms with Crippen molar-refractivity contribution < 1.29 is 19.4 Å². The summed E-state index contributed by atoms with van der Waals surface area (Å²) in [5.74, 6) is 2.49. The number of hydrogen-bond donors (Lipinski definition) is 1. The van der Waals surface area contributed by atoms with Gasteiger partial charge in [0.05, 0.1) is 13.3 Å². The Hall–Kier alpha value is -2.69. The first-order chi connectivity index (χ1) is 11.7. The molecule has 5 nitrogen and oxygen atoms in total. The van der Waals surface area contributed by atoms with Crippen LogP contribution >= 0.6 is 0 Å². The van der Waals surface area contributed by atoms with Gasteiger partial charge in [-0.2, -0.15) is 0 Å². The molecule has 5 heteroatoms. The summed E-state index contributed by atoms with van der Waals surface area (Å²) in [6.07, 6.45) is 1.33. The van der Waals surface area contributed by atoms with E-state index >= 15 is 0 Å². The highest BCUT2D eigenvalue weighted by Crippen LogP contribution is 2.28. The van der Waals surface area contributed by atoms with Crippen LogP contribution in [0.2, 0.25) is 0 Å². The standard InChI is InChI=1S/C19H23NO4/c1-14(2)16-6-4-5-7-17(16)23-10-11-24-18-9-8-15(13-20-21)12-19(18)22-3/h4-9,12-14,21H,10-11H2,1-3H3. The quantitative estimate of drug-likeness (QED) is 0.343. The maximum atomic E-state index is 8.58. The van der Waals surface area contributed by atoms with E-state index in [-0.39, 0.29) is 0 Å². The molecule has 0 radical (unpaired) electrons. The third-order valence-corrected chi connectivity index (χ3v) is 3.53. The van der Waals surface area contributed by atoms with Crippen LogP contribution in [-0.2, 0) is 0 Å². The highest BCUT2D eigenvalue weighted by molar-refractivity contribution is 5.80. The number of benzene rings is 2. The first-order valence-electron chi connectivity index (χ1n) is 7.85. The summed E-state index contributed by atoms with van der Waals surface area (Å²) in [6.45, 7) is 5.12. The zero-order chi connectivity index (χ0) is 17.4. The van der Waals surface area contributed by atoms with Crippen molar-refractivity contribution in [1.29, 1.82) is 0 Å². The van der Waals surface area contributed by atoms with Gasteiger partial charge in [-0.15, -0.1) is 0 Å². The van der Waals surface area contributed by atoms with Gasteiger partial charge < -0.3 is 19.4 Å². The summed E-state index contributed by atoms with van der Waals surface area (Å²) in [6, 6.07) is 13.3. The Kier molecular flexibility index (Phi) is 6.49. The first-order valence-corrected chi connectivity index (χ1v) is 7.85. The number of ether oxygens (including phenoxy) is 3. The molecular weight excluding hydrogens is 306 g/mol. The van der Waals surface area contributed by atoms with Gasteiger partial charge in [0.15, 0.2) is 11.5 Å². The Morgan fingerprint density at radius 2 is 1.71 bits per heavy atom. The molecule has 2 aromatic carbocycles. The predicted molar refractivity (Wildman–Crippen MR) is 93.9 cm³/mol. The Balaban J connectivity index is 1.93. The minimum atomic E-state index is 0.399. The molecule has 0 saturated heterocycles. The lowest BCUT2D eigenvalue weighted by molar-refractivity contribution is 0.210. The third kappa shape index (κ3) is 4.65. The fourth-order valence-electron chi connectivity index (χ4n) is 2.34. The smallest absolute Gasteiger partial charge is 0.161 e. The molecule has 0 amide bonds. The first kappa shape index (κ1) is 17.7. The normalized spacial score (nSPS) is 11.0. The molecular formula is C19H23NO4. The fraction of sp³-hybridized carbons (Fsp3) is 0.316. The average molecular weight is 329 g/mol. The largest absolute Gasteiger partial charge is 0.493 e. The van der Waals surface area contributed by atoms with Crippen molar-refractivity contribution in [3.8, 4) is 17.2 Å². The van der Waals surface area contributed by atoms with Crippen molar-refractivity contribution in [2.75, 3.05) is 20.3 Å². The zero-order valence-corrected chi connectivity index (χ0v) is 14.2. The van der Waals surface area contributed by atoms with Crippen LogP contribution in [0.3, 0.4) is 0 Å². The number of hydrogen-bond acceptors (Lipinski definition) is 5. The maximum absolute atomic E-state index is 8.58. The molecule has 128 valence electrons. The van der Waals surface area contributed by atoms with Crippen LogP contribution in [0.5, 0.6) is 17.2 Å². The minimum Gasteiger partial charge on any atom is -0.493 e. The summed E-state index contributed by atoms with van der Waals surface area (Å²) >= 11 is 0. The number of oxime groups is 1. The van der Waals surface area contributed by atoms with E-state index in [4.69, 9.17) is 19.4 Å². The van der Waals surface area contributed by atoms with Crippen molar-refractivity contribution in [3.63, 3.8) is 0 Å². The van der Waals surface area contributed by atoms with Gasteiger partial charge in [0, 0.05) is 5.56 Å². The molecule has 0 spiro atoms. The van der Waals surface area contributed by atoms with Crippen LogP contribution in [-0.4, -0.2) is 31.7 Å². The van der Waals surface area contributed by atoms with Crippen molar-refractivity contribution in [2.24, 2.45) is 5.16 Å². The third-order valence-electron chi connectivity index (χ3n) is 3.53. The number of nitrogens with zero attached hydrogens (tertiary/aromatic N) is 1. The lowest BCUT2D eigenvalue weighted by atomic mass is 10.0. The molecule has 0 unspecified atom stereocenters. The summed E-state index contributed by atoms with van der Waals surface area (Å²) in [5.41, 5.74) is 1.91. The molecule has 0 aliphatic carbocycles. The zero-order valence-electron chi connectivity index (χ0n) is 14.2. The Bertz CT molecular complexity index is 683. The number of methoxy groups -OCH3 is 1. The van der Waals surface area contributed by atoms with Crippen molar-refractivity contribution in [1.82, 2.24) is 0 Å². The molecule has 0 heterocycles. The van der Waals surface area contributed by atoms with E-state index in [1.54, 1.807) is 25.3 Å². The molecule has 0 saturated carbocycles. The maximum Gasteiger partial charge on any atom is 0.161 e. The van der Waals surface area contributed by atoms with E-state index < -0.39 is 0 Å². The van der Waals surface area contributed by atoms with Gasteiger partial charge in [0.25, 0.3) is 0 Å². The summed E-state index contributed by atoms with van der Waals surface area (Å²) in [5, 5.41) is 11.6. The molecule has 2 aromatic rings. The van der Waals surface area contributed by atoms with E-state index in [9.17, 15) is 0 Å². The van der Waals surface area contributed by atoms with Crippen molar-refractivity contribution in [2.45, 2.75) is 19.8 Å². The topological polar surface area (TPSA) is 60.3 Å². The van der Waals surface area contributed by atoms with Gasteiger partial charge in [-0.05, 0) is 35.7 Å². The van der Waals surface area contributed by atoms with E-state index in [1.807, 2.05) is 18.2 Å². The van der Waals surface area contributed by atoms with E-state index in [0.29, 0.717) is 30.6 Å². The number of para-hydroxylation sites is 1. The summed E-state index contributed by atoms with van der Waals surface area (Å²) in [7, 11) is 1.57. The highest BCUT2D eigenvalue weighted by atomic mass is 16.5. The summed E-state index contributed by atoms with van der Waals surface area (Å²) in [4.78, 5) is 0. The SMILES string of the molecule is COc1cc(C=NO)ccc1OCCOc1ccccc1C(C)C. The molecule has 1 N–H and O–H groups in total. The second-order valence-electron chi connectivity index (χ2n) is 5.54.